The highest BCUT2D eigenvalue weighted by Crippen LogP contribution is 2.33. The van der Waals surface area contributed by atoms with Crippen LogP contribution in [0.3, 0.4) is 0 Å². The van der Waals surface area contributed by atoms with Crippen LogP contribution in [0.1, 0.15) is 20.8 Å². The molecule has 0 N–H and O–H groups in total. The second-order valence-electron chi connectivity index (χ2n) is 4.60. The number of carbonyl (C=O) groups is 3. The molecule has 0 aliphatic carbocycles. The molecular weight excluding hydrogens is 272 g/mol. The maximum absolute atomic E-state index is 11.2. The molecule has 2 rings (SSSR count). The first-order chi connectivity index (χ1) is 9.38. The van der Waals surface area contributed by atoms with Crippen molar-refractivity contribution in [3.05, 3.63) is 0 Å². The van der Waals surface area contributed by atoms with E-state index >= 15 is 0 Å². The van der Waals surface area contributed by atoms with E-state index in [9.17, 15) is 14.4 Å². The Bertz CT molecular complexity index is 390. The molecule has 2 heterocycles. The molecule has 112 valence electrons. The van der Waals surface area contributed by atoms with Gasteiger partial charge in [-0.15, -0.1) is 0 Å². The molecule has 0 radical (unpaired) electrons. The molecule has 0 spiro atoms. The van der Waals surface area contributed by atoms with Gasteiger partial charge in [0, 0.05) is 20.8 Å². The van der Waals surface area contributed by atoms with Crippen molar-refractivity contribution >= 4 is 17.9 Å². The normalized spacial score (nSPS) is 35.2. The summed E-state index contributed by atoms with van der Waals surface area (Å²) in [6.45, 7) is 3.83. The molecule has 0 aromatic heterocycles. The molecule has 5 atom stereocenters. The standard InChI is InChI=1S/C12H16O8/c1-5(13)17-9-8-4-16-12(20-8)11(19-7(3)15)10(9)18-6(2)14/h8-12H,4H2,1-3H3/t8?,9-,10+,11-,12?/m1/s1. The Hall–Kier alpha value is -1.67. The number of hydrogen-bond acceptors (Lipinski definition) is 8. The molecule has 0 aromatic rings. The Balaban J connectivity index is 2.24. The maximum Gasteiger partial charge on any atom is 0.303 e. The second kappa shape index (κ2) is 5.76. The summed E-state index contributed by atoms with van der Waals surface area (Å²) in [5.41, 5.74) is 0. The first-order valence-electron chi connectivity index (χ1n) is 6.17. The van der Waals surface area contributed by atoms with Gasteiger partial charge in [-0.05, 0) is 0 Å². The molecular formula is C12H16O8. The molecule has 8 heteroatoms. The van der Waals surface area contributed by atoms with E-state index in [2.05, 4.69) is 0 Å². The van der Waals surface area contributed by atoms with Gasteiger partial charge in [0.15, 0.2) is 24.6 Å². The van der Waals surface area contributed by atoms with E-state index in [-0.39, 0.29) is 6.61 Å². The largest absolute Gasteiger partial charge is 0.456 e. The Kier molecular flexibility index (Phi) is 4.24. The van der Waals surface area contributed by atoms with Gasteiger partial charge >= 0.3 is 17.9 Å². The SMILES string of the molecule is CC(=O)O[C@H]1[C@H](OC(C)=O)C2COC(O2)[C@@H]1OC(C)=O. The number of fused-ring (bicyclic) bond motifs is 2. The van der Waals surface area contributed by atoms with Crippen LogP contribution in [0, 0.1) is 0 Å². The van der Waals surface area contributed by atoms with Crippen molar-refractivity contribution in [2.75, 3.05) is 6.61 Å². The lowest BCUT2D eigenvalue weighted by molar-refractivity contribution is -0.250. The van der Waals surface area contributed by atoms with Crippen LogP contribution in [0.15, 0.2) is 0 Å². The Labute approximate surface area is 115 Å². The van der Waals surface area contributed by atoms with Crippen LogP contribution in [0.2, 0.25) is 0 Å². The molecule has 2 aliphatic heterocycles. The van der Waals surface area contributed by atoms with E-state index in [1.165, 1.54) is 20.8 Å². The van der Waals surface area contributed by atoms with Crippen molar-refractivity contribution in [1.82, 2.24) is 0 Å². The molecule has 20 heavy (non-hydrogen) atoms. The van der Waals surface area contributed by atoms with E-state index in [0.29, 0.717) is 0 Å². The van der Waals surface area contributed by atoms with E-state index in [1.807, 2.05) is 0 Å². The van der Waals surface area contributed by atoms with Gasteiger partial charge in [-0.3, -0.25) is 14.4 Å². The van der Waals surface area contributed by atoms with Crippen LogP contribution in [0.5, 0.6) is 0 Å². The topological polar surface area (TPSA) is 97.4 Å². The van der Waals surface area contributed by atoms with E-state index in [0.717, 1.165) is 0 Å². The van der Waals surface area contributed by atoms with Gasteiger partial charge in [0.1, 0.15) is 6.10 Å². The van der Waals surface area contributed by atoms with Crippen LogP contribution >= 0.6 is 0 Å². The van der Waals surface area contributed by atoms with E-state index in [1.54, 1.807) is 0 Å². The van der Waals surface area contributed by atoms with Gasteiger partial charge in [-0.25, -0.2) is 0 Å². The fourth-order valence-corrected chi connectivity index (χ4v) is 2.31. The number of esters is 3. The Morgan fingerprint density at radius 2 is 1.35 bits per heavy atom. The second-order valence-corrected chi connectivity index (χ2v) is 4.60. The lowest BCUT2D eigenvalue weighted by Crippen LogP contribution is -2.58. The van der Waals surface area contributed by atoms with Gasteiger partial charge in [0.2, 0.25) is 0 Å². The predicted molar refractivity (Wildman–Crippen MR) is 61.3 cm³/mol. The third kappa shape index (κ3) is 3.07. The molecule has 2 bridgehead atoms. The van der Waals surface area contributed by atoms with Crippen LogP contribution in [0.25, 0.3) is 0 Å². The minimum atomic E-state index is -0.973. The van der Waals surface area contributed by atoms with Gasteiger partial charge in [0.05, 0.1) is 6.61 Å². The van der Waals surface area contributed by atoms with Crippen molar-refractivity contribution < 1.29 is 38.1 Å². The summed E-state index contributed by atoms with van der Waals surface area (Å²) < 4.78 is 26.2. The highest BCUT2D eigenvalue weighted by molar-refractivity contribution is 5.68. The van der Waals surface area contributed by atoms with Gasteiger partial charge in [-0.2, -0.15) is 0 Å². The number of rotatable bonds is 3. The molecule has 2 aliphatic rings. The summed E-state index contributed by atoms with van der Waals surface area (Å²) in [6.07, 6.45) is -4.19. The van der Waals surface area contributed by atoms with Crippen LogP contribution in [-0.2, 0) is 38.1 Å². The summed E-state index contributed by atoms with van der Waals surface area (Å²) in [7, 11) is 0. The molecule has 2 saturated heterocycles. The van der Waals surface area contributed by atoms with Crippen molar-refractivity contribution in [1.29, 1.82) is 0 Å². The van der Waals surface area contributed by atoms with Gasteiger partial charge in [-0.1, -0.05) is 0 Å². The van der Waals surface area contributed by atoms with Crippen LogP contribution in [-0.4, -0.2) is 55.2 Å². The average Bonchev–Trinajstić information content (AvgIpc) is 2.74. The third-order valence-electron chi connectivity index (χ3n) is 2.92. The number of carbonyl (C=O) groups excluding carboxylic acids is 3. The number of hydrogen-bond donors (Lipinski definition) is 0. The van der Waals surface area contributed by atoms with Crippen molar-refractivity contribution in [3.8, 4) is 0 Å². The minimum Gasteiger partial charge on any atom is -0.456 e. The molecule has 2 fully saturated rings. The zero-order valence-electron chi connectivity index (χ0n) is 11.4. The average molecular weight is 288 g/mol. The third-order valence-corrected chi connectivity index (χ3v) is 2.92. The first kappa shape index (κ1) is 14.7. The molecule has 0 amide bonds. The summed E-state index contributed by atoms with van der Waals surface area (Å²) in [6, 6.07) is 0. The van der Waals surface area contributed by atoms with Gasteiger partial charge < -0.3 is 23.7 Å². The highest BCUT2D eigenvalue weighted by Gasteiger charge is 2.55. The Morgan fingerprint density at radius 3 is 1.90 bits per heavy atom. The summed E-state index contributed by atoms with van der Waals surface area (Å²) in [4.78, 5) is 33.6. The predicted octanol–water partition coefficient (Wildman–Crippen LogP) is -0.463. The van der Waals surface area contributed by atoms with Crippen LogP contribution in [0.4, 0.5) is 0 Å². The zero-order valence-corrected chi connectivity index (χ0v) is 11.4. The summed E-state index contributed by atoms with van der Waals surface area (Å²) in [5.74, 6) is -1.71. The smallest absolute Gasteiger partial charge is 0.303 e. The fraction of sp³-hybridized carbons (Fsp3) is 0.750. The first-order valence-corrected chi connectivity index (χ1v) is 6.17. The number of ether oxygens (including phenoxy) is 5. The van der Waals surface area contributed by atoms with Crippen LogP contribution < -0.4 is 0 Å². The fourth-order valence-electron chi connectivity index (χ4n) is 2.31. The molecule has 0 saturated carbocycles. The lowest BCUT2D eigenvalue weighted by atomic mass is 10.00. The maximum atomic E-state index is 11.2. The summed E-state index contributed by atoms with van der Waals surface area (Å²) in [5, 5.41) is 0. The van der Waals surface area contributed by atoms with E-state index < -0.39 is 48.6 Å². The monoisotopic (exact) mass is 288 g/mol. The molecule has 2 unspecified atom stereocenters. The van der Waals surface area contributed by atoms with E-state index in [4.69, 9.17) is 23.7 Å². The molecule has 0 aromatic carbocycles. The summed E-state index contributed by atoms with van der Waals surface area (Å²) >= 11 is 0. The zero-order chi connectivity index (χ0) is 14.9. The quantitative estimate of drug-likeness (QED) is 0.508. The van der Waals surface area contributed by atoms with Crippen molar-refractivity contribution in [3.63, 3.8) is 0 Å². The highest BCUT2D eigenvalue weighted by atomic mass is 16.8. The minimum absolute atomic E-state index is 0.165. The lowest BCUT2D eigenvalue weighted by Gasteiger charge is -2.38. The van der Waals surface area contributed by atoms with Crippen molar-refractivity contribution in [2.24, 2.45) is 0 Å². The Morgan fingerprint density at radius 1 is 0.850 bits per heavy atom. The molecule has 8 nitrogen and oxygen atoms in total. The van der Waals surface area contributed by atoms with Gasteiger partial charge in [0.25, 0.3) is 0 Å². The van der Waals surface area contributed by atoms with Crippen molar-refractivity contribution in [2.45, 2.75) is 51.5 Å².